The van der Waals surface area contributed by atoms with E-state index in [1.807, 2.05) is 6.07 Å². The number of morpholine rings is 1. The summed E-state index contributed by atoms with van der Waals surface area (Å²) in [5, 5.41) is 2.54. The van der Waals surface area contributed by atoms with Gasteiger partial charge < -0.3 is 19.1 Å². The molecular formula is C21H22F2N2O5. The van der Waals surface area contributed by atoms with Crippen molar-refractivity contribution in [3.8, 4) is 5.75 Å². The van der Waals surface area contributed by atoms with E-state index in [4.69, 9.17) is 14.2 Å². The minimum absolute atomic E-state index is 0.0616. The highest BCUT2D eigenvalue weighted by Crippen LogP contribution is 2.19. The Morgan fingerprint density at radius 3 is 2.77 bits per heavy atom. The standard InChI is InChI=1S/C21H22F2N2O5/c1-14(30-21(27)24-16-5-3-2-4-6-16)20(26)25-9-10-28-17(12-25)13-29-19-11-15(22)7-8-18(19)23/h2-8,11,14,17H,9-10,12-13H2,1H3,(H,24,27). The molecule has 2 amide bonds. The van der Waals surface area contributed by atoms with Crippen LogP contribution < -0.4 is 10.1 Å². The molecule has 0 spiro atoms. The molecule has 9 heteroatoms. The maximum Gasteiger partial charge on any atom is 0.412 e. The first-order valence-corrected chi connectivity index (χ1v) is 9.43. The highest BCUT2D eigenvalue weighted by atomic mass is 19.1. The Balaban J connectivity index is 1.49. The van der Waals surface area contributed by atoms with Gasteiger partial charge in [0.15, 0.2) is 17.7 Å². The third-order valence-corrected chi connectivity index (χ3v) is 4.42. The number of ether oxygens (including phenoxy) is 3. The molecule has 3 rings (SSSR count). The van der Waals surface area contributed by atoms with Gasteiger partial charge in [-0.3, -0.25) is 10.1 Å². The Hall–Kier alpha value is -3.20. The van der Waals surface area contributed by atoms with Gasteiger partial charge in [0.1, 0.15) is 18.5 Å². The molecule has 0 aliphatic carbocycles. The molecule has 1 aliphatic rings. The lowest BCUT2D eigenvalue weighted by molar-refractivity contribution is -0.147. The van der Waals surface area contributed by atoms with Crippen molar-refractivity contribution in [2.45, 2.75) is 19.1 Å². The predicted octanol–water partition coefficient (Wildman–Crippen LogP) is 3.21. The molecule has 0 radical (unpaired) electrons. The number of rotatable bonds is 6. The molecule has 1 N–H and O–H groups in total. The van der Waals surface area contributed by atoms with Gasteiger partial charge in [0.25, 0.3) is 5.91 Å². The van der Waals surface area contributed by atoms with Crippen LogP contribution in [0.25, 0.3) is 0 Å². The Bertz CT molecular complexity index is 881. The topological polar surface area (TPSA) is 77.1 Å². The van der Waals surface area contributed by atoms with Crippen LogP contribution in [-0.2, 0) is 14.3 Å². The molecule has 0 bridgehead atoms. The molecular weight excluding hydrogens is 398 g/mol. The van der Waals surface area contributed by atoms with Crippen LogP contribution in [-0.4, -0.2) is 55.4 Å². The highest BCUT2D eigenvalue weighted by Gasteiger charge is 2.29. The third kappa shape index (κ3) is 5.90. The van der Waals surface area contributed by atoms with Crippen LogP contribution in [0.4, 0.5) is 19.3 Å². The molecule has 2 aromatic rings. The number of para-hydroxylation sites is 1. The summed E-state index contributed by atoms with van der Waals surface area (Å²) in [6.45, 7) is 2.15. The second-order valence-electron chi connectivity index (χ2n) is 6.70. The van der Waals surface area contributed by atoms with Crippen LogP contribution in [0.5, 0.6) is 5.75 Å². The Labute approximate surface area is 172 Å². The fourth-order valence-electron chi connectivity index (χ4n) is 2.93. The molecule has 0 saturated carbocycles. The fraction of sp³-hybridized carbons (Fsp3) is 0.333. The lowest BCUT2D eigenvalue weighted by Gasteiger charge is -2.34. The van der Waals surface area contributed by atoms with Crippen molar-refractivity contribution < 1.29 is 32.6 Å². The van der Waals surface area contributed by atoms with Crippen LogP contribution in [0.1, 0.15) is 6.92 Å². The van der Waals surface area contributed by atoms with Gasteiger partial charge in [-0.15, -0.1) is 0 Å². The van der Waals surface area contributed by atoms with Crippen molar-refractivity contribution in [1.82, 2.24) is 4.90 Å². The first-order chi connectivity index (χ1) is 14.4. The monoisotopic (exact) mass is 420 g/mol. The summed E-state index contributed by atoms with van der Waals surface area (Å²) in [5.41, 5.74) is 0.551. The van der Waals surface area contributed by atoms with Crippen molar-refractivity contribution in [3.63, 3.8) is 0 Å². The normalized spacial score (nSPS) is 17.2. The number of nitrogens with zero attached hydrogens (tertiary/aromatic N) is 1. The first-order valence-electron chi connectivity index (χ1n) is 9.43. The van der Waals surface area contributed by atoms with E-state index in [0.717, 1.165) is 18.2 Å². The quantitative estimate of drug-likeness (QED) is 0.777. The molecule has 160 valence electrons. The molecule has 2 unspecified atom stereocenters. The average molecular weight is 420 g/mol. The van der Waals surface area contributed by atoms with Gasteiger partial charge in [0, 0.05) is 18.3 Å². The average Bonchev–Trinajstić information content (AvgIpc) is 2.74. The minimum Gasteiger partial charge on any atom is -0.488 e. The first kappa shape index (κ1) is 21.5. The van der Waals surface area contributed by atoms with E-state index in [9.17, 15) is 18.4 Å². The van der Waals surface area contributed by atoms with Gasteiger partial charge in [-0.2, -0.15) is 0 Å². The van der Waals surface area contributed by atoms with Gasteiger partial charge in [-0.05, 0) is 31.2 Å². The van der Waals surface area contributed by atoms with Crippen LogP contribution in [0.2, 0.25) is 0 Å². The molecule has 30 heavy (non-hydrogen) atoms. The molecule has 2 aromatic carbocycles. The van der Waals surface area contributed by atoms with Crippen molar-refractivity contribution >= 4 is 17.7 Å². The third-order valence-electron chi connectivity index (χ3n) is 4.42. The Morgan fingerprint density at radius 1 is 1.23 bits per heavy atom. The number of benzene rings is 2. The molecule has 1 heterocycles. The Kier molecular flexibility index (Phi) is 7.18. The van der Waals surface area contributed by atoms with Crippen molar-refractivity contribution in [1.29, 1.82) is 0 Å². The molecule has 2 atom stereocenters. The van der Waals surface area contributed by atoms with Crippen LogP contribution in [0.3, 0.4) is 0 Å². The second-order valence-corrected chi connectivity index (χ2v) is 6.70. The number of hydrogen-bond donors (Lipinski definition) is 1. The summed E-state index contributed by atoms with van der Waals surface area (Å²) < 4.78 is 42.9. The fourth-order valence-corrected chi connectivity index (χ4v) is 2.93. The zero-order valence-electron chi connectivity index (χ0n) is 16.3. The van der Waals surface area contributed by atoms with Crippen molar-refractivity contribution in [2.24, 2.45) is 0 Å². The number of amides is 2. The number of carbonyl (C=O) groups excluding carboxylic acids is 2. The van der Waals surface area contributed by atoms with Gasteiger partial charge in [-0.25, -0.2) is 13.6 Å². The van der Waals surface area contributed by atoms with E-state index in [0.29, 0.717) is 12.2 Å². The van der Waals surface area contributed by atoms with Gasteiger partial charge in [0.05, 0.1) is 13.2 Å². The number of nitrogens with one attached hydrogen (secondary N) is 1. The Morgan fingerprint density at radius 2 is 2.00 bits per heavy atom. The minimum atomic E-state index is -1.01. The van der Waals surface area contributed by atoms with Gasteiger partial charge in [0.2, 0.25) is 0 Å². The van der Waals surface area contributed by atoms with Crippen LogP contribution in [0.15, 0.2) is 48.5 Å². The van der Waals surface area contributed by atoms with E-state index in [2.05, 4.69) is 5.32 Å². The predicted molar refractivity (Wildman–Crippen MR) is 104 cm³/mol. The summed E-state index contributed by atoms with van der Waals surface area (Å²) in [6, 6.07) is 11.6. The maximum atomic E-state index is 13.7. The van der Waals surface area contributed by atoms with Gasteiger partial charge in [-0.1, -0.05) is 18.2 Å². The van der Waals surface area contributed by atoms with Crippen molar-refractivity contribution in [2.75, 3.05) is 31.6 Å². The van der Waals surface area contributed by atoms with Gasteiger partial charge >= 0.3 is 6.09 Å². The number of hydrogen-bond acceptors (Lipinski definition) is 5. The number of carbonyl (C=O) groups is 2. The maximum absolute atomic E-state index is 13.7. The lowest BCUT2D eigenvalue weighted by atomic mass is 10.2. The molecule has 7 nitrogen and oxygen atoms in total. The summed E-state index contributed by atoms with van der Waals surface area (Å²) >= 11 is 0. The SMILES string of the molecule is CC(OC(=O)Nc1ccccc1)C(=O)N1CCOC(COc2cc(F)ccc2F)C1. The number of halogens is 2. The zero-order chi connectivity index (χ0) is 21.5. The molecule has 1 fully saturated rings. The lowest BCUT2D eigenvalue weighted by Crippen LogP contribution is -2.51. The van der Waals surface area contributed by atoms with Crippen LogP contribution in [0, 0.1) is 11.6 Å². The van der Waals surface area contributed by atoms with Crippen molar-refractivity contribution in [3.05, 3.63) is 60.2 Å². The second kappa shape index (κ2) is 10.0. The summed E-state index contributed by atoms with van der Waals surface area (Å²) in [7, 11) is 0. The molecule has 1 aliphatic heterocycles. The van der Waals surface area contributed by atoms with E-state index in [1.165, 1.54) is 11.8 Å². The molecule has 1 saturated heterocycles. The van der Waals surface area contributed by atoms with E-state index in [-0.39, 0.29) is 31.4 Å². The summed E-state index contributed by atoms with van der Waals surface area (Å²) in [5.74, 6) is -1.92. The summed E-state index contributed by atoms with van der Waals surface area (Å²) in [4.78, 5) is 26.1. The van der Waals surface area contributed by atoms with E-state index >= 15 is 0 Å². The largest absolute Gasteiger partial charge is 0.488 e. The highest BCUT2D eigenvalue weighted by molar-refractivity contribution is 5.88. The summed E-state index contributed by atoms with van der Waals surface area (Å²) in [6.07, 6.45) is -2.28. The smallest absolute Gasteiger partial charge is 0.412 e. The van der Waals surface area contributed by atoms with E-state index < -0.39 is 29.9 Å². The number of anilines is 1. The van der Waals surface area contributed by atoms with E-state index in [1.54, 1.807) is 24.3 Å². The van der Waals surface area contributed by atoms with Crippen LogP contribution >= 0.6 is 0 Å². The molecule has 0 aromatic heterocycles. The zero-order valence-corrected chi connectivity index (χ0v) is 16.3.